The van der Waals surface area contributed by atoms with Crippen LogP contribution in [-0.4, -0.2) is 44.4 Å². The summed E-state index contributed by atoms with van der Waals surface area (Å²) in [5.41, 5.74) is 8.32. The lowest BCUT2D eigenvalue weighted by atomic mass is 10.0. The Balaban J connectivity index is 1.63. The number of amides is 2. The number of hydrogen-bond acceptors (Lipinski definition) is 6. The van der Waals surface area contributed by atoms with Gasteiger partial charge in [-0.3, -0.25) is 14.5 Å². The van der Waals surface area contributed by atoms with Crippen molar-refractivity contribution in [1.82, 2.24) is 19.5 Å². The number of rotatable bonds is 6. The van der Waals surface area contributed by atoms with Gasteiger partial charge in [0.1, 0.15) is 17.3 Å². The summed E-state index contributed by atoms with van der Waals surface area (Å²) in [6.07, 6.45) is 4.62. The fraction of sp³-hybridized carbons (Fsp3) is 0.308. The van der Waals surface area contributed by atoms with Gasteiger partial charge in [-0.15, -0.1) is 5.92 Å². The fourth-order valence-corrected chi connectivity index (χ4v) is 4.35. The molecule has 0 radical (unpaired) electrons. The maximum atomic E-state index is 12.7. The maximum absolute atomic E-state index is 12.7. The number of pyridine rings is 1. The van der Waals surface area contributed by atoms with E-state index in [4.69, 9.17) is 16.6 Å². The van der Waals surface area contributed by atoms with Gasteiger partial charge in [-0.1, -0.05) is 24.5 Å². The number of imidazole rings is 1. The van der Waals surface area contributed by atoms with E-state index in [0.29, 0.717) is 35.0 Å². The Hall–Kier alpha value is -4.16. The summed E-state index contributed by atoms with van der Waals surface area (Å²) in [4.78, 5) is 36.2. The number of carbonyl (C=O) groups is 2. The van der Waals surface area contributed by atoms with Gasteiger partial charge >= 0.3 is 0 Å². The number of anilines is 1. The lowest BCUT2D eigenvalue weighted by Gasteiger charge is -2.33. The predicted molar refractivity (Wildman–Crippen MR) is 135 cm³/mol. The minimum absolute atomic E-state index is 0.0617. The third-order valence-corrected chi connectivity index (χ3v) is 6.12. The second kappa shape index (κ2) is 10.4. The van der Waals surface area contributed by atoms with E-state index in [1.165, 1.54) is 4.68 Å². The van der Waals surface area contributed by atoms with Crippen LogP contribution in [0.4, 0.5) is 5.82 Å². The molecular formula is C26H29N7O2. The zero-order valence-corrected chi connectivity index (χ0v) is 19.9. The van der Waals surface area contributed by atoms with Crippen molar-refractivity contribution in [3.8, 4) is 23.1 Å². The van der Waals surface area contributed by atoms with Gasteiger partial charge in [0.2, 0.25) is 0 Å². The third kappa shape index (κ3) is 5.18. The minimum Gasteiger partial charge on any atom is -0.364 e. The smallest absolute Gasteiger partial charge is 0.269 e. The van der Waals surface area contributed by atoms with Gasteiger partial charge in [-0.2, -0.15) is 0 Å². The molecule has 5 N–H and O–H groups in total. The molecule has 1 aliphatic rings. The first-order chi connectivity index (χ1) is 16.9. The number of hydrogen-bond donors (Lipinski definition) is 3. The van der Waals surface area contributed by atoms with Crippen LogP contribution in [0.3, 0.4) is 0 Å². The first-order valence-corrected chi connectivity index (χ1v) is 11.5. The van der Waals surface area contributed by atoms with Crippen LogP contribution in [0.15, 0.2) is 42.6 Å². The number of aromatic nitrogens is 3. The highest BCUT2D eigenvalue weighted by Crippen LogP contribution is 2.33. The van der Waals surface area contributed by atoms with Crippen LogP contribution in [0.5, 0.6) is 0 Å². The molecule has 0 aliphatic carbocycles. The van der Waals surface area contributed by atoms with Gasteiger partial charge in [0, 0.05) is 17.3 Å². The van der Waals surface area contributed by atoms with Crippen molar-refractivity contribution in [1.29, 1.82) is 0 Å². The van der Waals surface area contributed by atoms with E-state index >= 15 is 0 Å². The molecule has 1 saturated heterocycles. The molecule has 0 spiro atoms. The summed E-state index contributed by atoms with van der Waals surface area (Å²) < 4.78 is 1.31. The van der Waals surface area contributed by atoms with Crippen molar-refractivity contribution in [3.63, 3.8) is 0 Å². The Kier molecular flexibility index (Phi) is 7.13. The number of likely N-dealkylation sites (tertiary alicyclic amines) is 1. The number of nitrogens with one attached hydrogen (secondary N) is 1. The molecule has 180 valence electrons. The normalized spacial score (nSPS) is 15.8. The number of nitrogens with two attached hydrogens (primary N) is 2. The Morgan fingerprint density at radius 3 is 2.66 bits per heavy atom. The summed E-state index contributed by atoms with van der Waals surface area (Å²) >= 11 is 0. The number of piperidine rings is 1. The van der Waals surface area contributed by atoms with Gasteiger partial charge in [-0.05, 0) is 63.1 Å². The van der Waals surface area contributed by atoms with E-state index < -0.39 is 5.91 Å². The number of primary amides is 1. The molecule has 1 unspecified atom stereocenters. The monoisotopic (exact) mass is 471 g/mol. The molecule has 9 heteroatoms. The fourth-order valence-electron chi connectivity index (χ4n) is 4.35. The highest BCUT2D eigenvalue weighted by atomic mass is 16.2. The molecule has 1 aliphatic heterocycles. The number of benzene rings is 1. The van der Waals surface area contributed by atoms with Crippen LogP contribution in [-0.2, 0) is 0 Å². The van der Waals surface area contributed by atoms with Gasteiger partial charge in [0.25, 0.3) is 11.8 Å². The summed E-state index contributed by atoms with van der Waals surface area (Å²) in [7, 11) is 0. The summed E-state index contributed by atoms with van der Waals surface area (Å²) in [5.74, 6) is 12.5. The first kappa shape index (κ1) is 24.0. The Bertz CT molecular complexity index is 1300. The molecule has 9 nitrogen and oxygen atoms in total. The van der Waals surface area contributed by atoms with Crippen LogP contribution in [0.1, 0.15) is 64.5 Å². The second-order valence-electron chi connectivity index (χ2n) is 8.56. The predicted octanol–water partition coefficient (Wildman–Crippen LogP) is 2.87. The first-order valence-electron chi connectivity index (χ1n) is 11.5. The molecule has 4 rings (SSSR count). The lowest BCUT2D eigenvalue weighted by Crippen LogP contribution is -2.37. The quantitative estimate of drug-likeness (QED) is 0.374. The zero-order chi connectivity index (χ0) is 24.9. The van der Waals surface area contributed by atoms with Crippen LogP contribution in [0.2, 0.25) is 0 Å². The van der Waals surface area contributed by atoms with Crippen molar-refractivity contribution < 1.29 is 9.59 Å². The average Bonchev–Trinajstić information content (AvgIpc) is 3.20. The Morgan fingerprint density at radius 1 is 1.20 bits per heavy atom. The molecule has 3 heterocycles. The van der Waals surface area contributed by atoms with E-state index in [1.54, 1.807) is 36.5 Å². The van der Waals surface area contributed by atoms with Crippen molar-refractivity contribution >= 4 is 17.6 Å². The highest BCUT2D eigenvalue weighted by Gasteiger charge is 2.31. The second-order valence-corrected chi connectivity index (χ2v) is 8.56. The van der Waals surface area contributed by atoms with E-state index in [2.05, 4.69) is 27.0 Å². The van der Waals surface area contributed by atoms with E-state index in [9.17, 15) is 9.59 Å². The Morgan fingerprint density at radius 2 is 1.97 bits per heavy atom. The van der Waals surface area contributed by atoms with Gasteiger partial charge in [0.15, 0.2) is 5.69 Å². The van der Waals surface area contributed by atoms with Crippen LogP contribution < -0.4 is 16.9 Å². The largest absolute Gasteiger partial charge is 0.364 e. The summed E-state index contributed by atoms with van der Waals surface area (Å²) in [5, 5.41) is 2.79. The highest BCUT2D eigenvalue weighted by molar-refractivity contribution is 6.04. The summed E-state index contributed by atoms with van der Waals surface area (Å²) in [6, 6.07) is 10.4. The maximum Gasteiger partial charge on any atom is 0.269 e. The molecule has 1 atom stereocenters. The number of carbonyl (C=O) groups excluding carboxylic acids is 2. The standard InChI is InChI=1S/C26H29N7O2/c1-3-4-14-32-15-6-5-7-20(32)25-31-22(23(24(27)34)33(25)28)18-8-10-19(11-9-18)26(35)30-21-16-17(2)12-13-29-21/h8-13,16,20H,5-7,14-15,28H2,1-2H3,(H2,27,34)(H,29,30,35). The topological polar surface area (TPSA) is 132 Å². The van der Waals surface area contributed by atoms with Crippen LogP contribution in [0, 0.1) is 18.8 Å². The zero-order valence-electron chi connectivity index (χ0n) is 19.9. The van der Waals surface area contributed by atoms with Gasteiger partial charge < -0.3 is 16.9 Å². The van der Waals surface area contributed by atoms with Crippen molar-refractivity contribution in [3.05, 3.63) is 65.2 Å². The van der Waals surface area contributed by atoms with E-state index in [-0.39, 0.29) is 17.6 Å². The minimum atomic E-state index is -0.663. The van der Waals surface area contributed by atoms with E-state index in [0.717, 1.165) is 31.4 Å². The Labute approximate surface area is 204 Å². The molecule has 1 aromatic carbocycles. The molecule has 3 aromatic rings. The molecule has 0 saturated carbocycles. The van der Waals surface area contributed by atoms with Crippen molar-refractivity contribution in [2.75, 3.05) is 24.2 Å². The molecule has 35 heavy (non-hydrogen) atoms. The number of nitrogen functional groups attached to an aromatic ring is 1. The number of nitrogens with zero attached hydrogens (tertiary/aromatic N) is 4. The van der Waals surface area contributed by atoms with Gasteiger partial charge in [0.05, 0.1) is 12.6 Å². The van der Waals surface area contributed by atoms with Crippen LogP contribution >= 0.6 is 0 Å². The van der Waals surface area contributed by atoms with Crippen molar-refractivity contribution in [2.24, 2.45) is 5.73 Å². The third-order valence-electron chi connectivity index (χ3n) is 6.12. The number of aryl methyl sites for hydroxylation is 1. The van der Waals surface area contributed by atoms with Gasteiger partial charge in [-0.25, -0.2) is 14.6 Å². The molecule has 0 bridgehead atoms. The summed E-state index contributed by atoms with van der Waals surface area (Å²) in [6.45, 7) is 5.23. The average molecular weight is 472 g/mol. The molecule has 1 fully saturated rings. The SMILES string of the molecule is CC#CCN1CCCCC1c1nc(-c2ccc(C(=O)Nc3cc(C)ccn3)cc2)c(C(N)=O)n1N. The van der Waals surface area contributed by atoms with E-state index in [1.807, 2.05) is 19.9 Å². The van der Waals surface area contributed by atoms with Crippen LogP contribution in [0.25, 0.3) is 11.3 Å². The molecular weight excluding hydrogens is 442 g/mol. The lowest BCUT2D eigenvalue weighted by molar-refractivity contribution is 0.0990. The molecule has 2 amide bonds. The molecule has 2 aromatic heterocycles. The van der Waals surface area contributed by atoms with Crippen molar-refractivity contribution in [2.45, 2.75) is 39.2 Å².